The molecule has 0 saturated heterocycles. The SMILES string of the molecule is Fc1cccc(CNC2CC2)c1OCc1cccs1. The summed E-state index contributed by atoms with van der Waals surface area (Å²) < 4.78 is 19.5. The van der Waals surface area contributed by atoms with Crippen LogP contribution in [0.5, 0.6) is 5.75 Å². The standard InChI is InChI=1S/C15H16FNOS/c16-14-5-1-3-11(9-17-12-6-7-12)15(14)18-10-13-4-2-8-19-13/h1-5,8,12,17H,6-7,9-10H2. The van der Waals surface area contributed by atoms with Crippen molar-refractivity contribution < 1.29 is 9.13 Å². The van der Waals surface area contributed by atoms with Gasteiger partial charge in [-0.15, -0.1) is 11.3 Å². The average Bonchev–Trinajstić information content (AvgIpc) is 3.10. The van der Waals surface area contributed by atoms with Crippen LogP contribution in [0.1, 0.15) is 23.3 Å². The fraction of sp³-hybridized carbons (Fsp3) is 0.333. The van der Waals surface area contributed by atoms with E-state index in [1.165, 1.54) is 18.9 Å². The maximum Gasteiger partial charge on any atom is 0.165 e. The van der Waals surface area contributed by atoms with Crippen LogP contribution in [0.3, 0.4) is 0 Å². The second-order valence-electron chi connectivity index (χ2n) is 4.75. The zero-order valence-corrected chi connectivity index (χ0v) is 11.4. The van der Waals surface area contributed by atoms with E-state index in [1.807, 2.05) is 23.6 Å². The zero-order chi connectivity index (χ0) is 13.1. The van der Waals surface area contributed by atoms with Gasteiger partial charge in [-0.05, 0) is 30.4 Å². The summed E-state index contributed by atoms with van der Waals surface area (Å²) in [6.07, 6.45) is 2.45. The summed E-state index contributed by atoms with van der Waals surface area (Å²) in [5.41, 5.74) is 0.892. The minimum atomic E-state index is -0.286. The molecule has 1 heterocycles. The van der Waals surface area contributed by atoms with Crippen molar-refractivity contribution >= 4 is 11.3 Å². The molecule has 1 aliphatic carbocycles. The lowest BCUT2D eigenvalue weighted by Gasteiger charge is -2.12. The van der Waals surface area contributed by atoms with Gasteiger partial charge in [0.05, 0.1) is 0 Å². The molecule has 1 saturated carbocycles. The molecule has 1 aromatic carbocycles. The summed E-state index contributed by atoms with van der Waals surface area (Å²) in [4.78, 5) is 1.10. The first-order chi connectivity index (χ1) is 9.33. The van der Waals surface area contributed by atoms with E-state index in [1.54, 1.807) is 17.4 Å². The third-order valence-corrected chi connectivity index (χ3v) is 4.00. The van der Waals surface area contributed by atoms with Crippen molar-refractivity contribution in [3.05, 3.63) is 52.0 Å². The Labute approximate surface area is 116 Å². The molecule has 0 aliphatic heterocycles. The van der Waals surface area contributed by atoms with Gasteiger partial charge in [-0.3, -0.25) is 0 Å². The van der Waals surface area contributed by atoms with Gasteiger partial charge in [-0.25, -0.2) is 4.39 Å². The lowest BCUT2D eigenvalue weighted by molar-refractivity contribution is 0.289. The molecule has 3 rings (SSSR count). The van der Waals surface area contributed by atoms with Gasteiger partial charge in [0.15, 0.2) is 11.6 Å². The molecular weight excluding hydrogens is 261 g/mol. The van der Waals surface area contributed by atoms with Crippen molar-refractivity contribution in [2.75, 3.05) is 0 Å². The number of hydrogen-bond acceptors (Lipinski definition) is 3. The van der Waals surface area contributed by atoms with E-state index in [4.69, 9.17) is 4.74 Å². The van der Waals surface area contributed by atoms with Crippen LogP contribution in [-0.2, 0) is 13.2 Å². The number of ether oxygens (including phenoxy) is 1. The van der Waals surface area contributed by atoms with Gasteiger partial charge in [-0.1, -0.05) is 18.2 Å². The maximum atomic E-state index is 13.9. The molecule has 0 bridgehead atoms. The summed E-state index contributed by atoms with van der Waals surface area (Å²) in [6.45, 7) is 1.09. The molecule has 1 fully saturated rings. The van der Waals surface area contributed by atoms with Crippen LogP contribution in [0.4, 0.5) is 4.39 Å². The predicted octanol–water partition coefficient (Wildman–Crippen LogP) is 3.72. The molecule has 2 nitrogen and oxygen atoms in total. The molecule has 100 valence electrons. The Kier molecular flexibility index (Phi) is 3.80. The third-order valence-electron chi connectivity index (χ3n) is 3.15. The van der Waals surface area contributed by atoms with Crippen LogP contribution in [0.15, 0.2) is 35.7 Å². The molecule has 1 N–H and O–H groups in total. The van der Waals surface area contributed by atoms with Gasteiger partial charge in [0.25, 0.3) is 0 Å². The zero-order valence-electron chi connectivity index (χ0n) is 10.6. The quantitative estimate of drug-likeness (QED) is 0.869. The number of para-hydroxylation sites is 1. The number of rotatable bonds is 6. The van der Waals surface area contributed by atoms with Crippen molar-refractivity contribution in [2.24, 2.45) is 0 Å². The Morgan fingerprint density at radius 2 is 2.16 bits per heavy atom. The van der Waals surface area contributed by atoms with E-state index >= 15 is 0 Å². The van der Waals surface area contributed by atoms with Crippen LogP contribution in [-0.4, -0.2) is 6.04 Å². The Morgan fingerprint density at radius 3 is 2.89 bits per heavy atom. The molecule has 1 aliphatic rings. The lowest BCUT2D eigenvalue weighted by atomic mass is 10.2. The van der Waals surface area contributed by atoms with Gasteiger partial charge in [0, 0.05) is 23.0 Å². The summed E-state index contributed by atoms with van der Waals surface area (Å²) in [5, 5.41) is 5.39. The van der Waals surface area contributed by atoms with Crippen LogP contribution < -0.4 is 10.1 Å². The molecule has 2 aromatic rings. The fourth-order valence-corrected chi connectivity index (χ4v) is 2.55. The molecular formula is C15H16FNOS. The number of hydrogen-bond donors (Lipinski definition) is 1. The molecule has 0 spiro atoms. The summed E-state index contributed by atoms with van der Waals surface area (Å²) in [7, 11) is 0. The minimum absolute atomic E-state index is 0.286. The maximum absolute atomic E-state index is 13.9. The van der Waals surface area contributed by atoms with Crippen LogP contribution in [0.2, 0.25) is 0 Å². The van der Waals surface area contributed by atoms with Gasteiger partial charge in [0.2, 0.25) is 0 Å². The number of thiophene rings is 1. The van der Waals surface area contributed by atoms with E-state index in [0.29, 0.717) is 24.9 Å². The summed E-state index contributed by atoms with van der Waals surface area (Å²) in [6, 6.07) is 9.67. The van der Waals surface area contributed by atoms with Crippen LogP contribution in [0.25, 0.3) is 0 Å². The smallest absolute Gasteiger partial charge is 0.165 e. The summed E-state index contributed by atoms with van der Waals surface area (Å²) >= 11 is 1.62. The van der Waals surface area contributed by atoms with Crippen molar-refractivity contribution in [1.82, 2.24) is 5.32 Å². The Bertz CT molecular complexity index is 537. The number of halogens is 1. The first kappa shape index (κ1) is 12.6. The first-order valence-electron chi connectivity index (χ1n) is 6.49. The number of benzene rings is 1. The molecule has 0 radical (unpaired) electrons. The van der Waals surface area contributed by atoms with Crippen molar-refractivity contribution in [2.45, 2.75) is 32.0 Å². The second-order valence-corrected chi connectivity index (χ2v) is 5.78. The average molecular weight is 277 g/mol. The van der Waals surface area contributed by atoms with Gasteiger partial charge >= 0.3 is 0 Å². The highest BCUT2D eigenvalue weighted by Gasteiger charge is 2.21. The molecule has 0 amide bonds. The highest BCUT2D eigenvalue weighted by Crippen LogP contribution is 2.26. The monoisotopic (exact) mass is 277 g/mol. The Balaban J connectivity index is 1.69. The van der Waals surface area contributed by atoms with Gasteiger partial charge in [-0.2, -0.15) is 0 Å². The van der Waals surface area contributed by atoms with E-state index in [2.05, 4.69) is 5.32 Å². The first-order valence-corrected chi connectivity index (χ1v) is 7.37. The normalized spacial score (nSPS) is 14.6. The number of nitrogens with one attached hydrogen (secondary N) is 1. The van der Waals surface area contributed by atoms with Crippen molar-refractivity contribution in [3.63, 3.8) is 0 Å². The van der Waals surface area contributed by atoms with E-state index in [-0.39, 0.29) is 5.82 Å². The lowest BCUT2D eigenvalue weighted by Crippen LogP contribution is -2.16. The highest BCUT2D eigenvalue weighted by molar-refractivity contribution is 7.09. The minimum Gasteiger partial charge on any atom is -0.485 e. The third kappa shape index (κ3) is 3.33. The van der Waals surface area contributed by atoms with E-state index in [9.17, 15) is 4.39 Å². The highest BCUT2D eigenvalue weighted by atomic mass is 32.1. The molecule has 1 aromatic heterocycles. The molecule has 0 unspecified atom stereocenters. The van der Waals surface area contributed by atoms with Gasteiger partial charge < -0.3 is 10.1 Å². The van der Waals surface area contributed by atoms with E-state index < -0.39 is 0 Å². The Hall–Kier alpha value is -1.39. The predicted molar refractivity (Wildman–Crippen MR) is 74.9 cm³/mol. The van der Waals surface area contributed by atoms with Crippen molar-refractivity contribution in [3.8, 4) is 5.75 Å². The second kappa shape index (κ2) is 5.72. The van der Waals surface area contributed by atoms with Crippen LogP contribution >= 0.6 is 11.3 Å². The topological polar surface area (TPSA) is 21.3 Å². The van der Waals surface area contributed by atoms with Gasteiger partial charge in [0.1, 0.15) is 6.61 Å². The molecule has 19 heavy (non-hydrogen) atoms. The molecule has 4 heteroatoms. The van der Waals surface area contributed by atoms with Crippen molar-refractivity contribution in [1.29, 1.82) is 0 Å². The Morgan fingerprint density at radius 1 is 1.26 bits per heavy atom. The fourth-order valence-electron chi connectivity index (χ4n) is 1.93. The van der Waals surface area contributed by atoms with E-state index in [0.717, 1.165) is 10.4 Å². The van der Waals surface area contributed by atoms with Crippen LogP contribution in [0, 0.1) is 5.82 Å². The largest absolute Gasteiger partial charge is 0.485 e. The molecule has 0 atom stereocenters. The summed E-state index contributed by atoms with van der Waals surface area (Å²) in [5.74, 6) is 0.0932.